The highest BCUT2D eigenvalue weighted by atomic mass is 19.4. The van der Waals surface area contributed by atoms with Gasteiger partial charge in [0.15, 0.2) is 5.82 Å². The number of likely N-dealkylation sites (N-methyl/N-ethyl adjacent to an activating group) is 1. The maximum Gasteiger partial charge on any atom is 0.417 e. The zero-order valence-electron chi connectivity index (χ0n) is 38.5. The normalized spacial score (nSPS) is 20.5. The molecule has 1 amide bonds. The van der Waals surface area contributed by atoms with Crippen LogP contribution in [0.1, 0.15) is 92.5 Å². The van der Waals surface area contributed by atoms with Crippen molar-refractivity contribution in [1.29, 1.82) is 0 Å². The molecule has 3 heterocycles. The Bertz CT molecular complexity index is 2220. The van der Waals surface area contributed by atoms with Crippen LogP contribution in [0.4, 0.5) is 33.9 Å². The van der Waals surface area contributed by atoms with Crippen LogP contribution in [-0.4, -0.2) is 97.6 Å². The first-order chi connectivity index (χ1) is 30.3. The lowest BCUT2D eigenvalue weighted by Gasteiger charge is -2.42. The molecule has 0 bridgehead atoms. The molecule has 1 aliphatic carbocycles. The molecule has 0 N–H and O–H groups in total. The number of aryl methyl sites for hydroxylation is 1. The topological polar surface area (TPSA) is 92.7 Å². The molecule has 15 heteroatoms. The number of fused-ring (bicyclic) bond motifs is 1. The van der Waals surface area contributed by atoms with E-state index in [0.717, 1.165) is 36.1 Å². The van der Waals surface area contributed by atoms with Crippen molar-refractivity contribution in [1.82, 2.24) is 19.8 Å². The Hall–Kier alpha value is -5.31. The number of anilines is 2. The molecule has 0 radical (unpaired) electrons. The van der Waals surface area contributed by atoms with E-state index in [-0.39, 0.29) is 54.4 Å². The van der Waals surface area contributed by atoms with Crippen LogP contribution in [0.5, 0.6) is 17.5 Å². The summed E-state index contributed by atoms with van der Waals surface area (Å²) in [5, 5.41) is 0. The molecule has 3 aromatic carbocycles. The average Bonchev–Trinajstić information content (AvgIpc) is 3.66. The number of methoxy groups -OCH3 is 2. The van der Waals surface area contributed by atoms with E-state index in [4.69, 9.17) is 28.9 Å². The highest BCUT2D eigenvalue weighted by Crippen LogP contribution is 2.48. The minimum absolute atomic E-state index is 0.0395. The minimum Gasteiger partial charge on any atom is -0.497 e. The highest BCUT2D eigenvalue weighted by molar-refractivity contribution is 5.69. The number of halogens is 4. The number of aromatic nitrogens is 2. The Morgan fingerprint density at radius 2 is 1.52 bits per heavy atom. The molecule has 3 aliphatic rings. The van der Waals surface area contributed by atoms with Crippen molar-refractivity contribution in [2.24, 2.45) is 5.92 Å². The van der Waals surface area contributed by atoms with Crippen LogP contribution >= 0.6 is 0 Å². The molecule has 0 saturated carbocycles. The summed E-state index contributed by atoms with van der Waals surface area (Å²) in [7, 11) is 5.20. The molecule has 346 valence electrons. The van der Waals surface area contributed by atoms with Crippen molar-refractivity contribution in [2.75, 3.05) is 63.9 Å². The zero-order chi connectivity index (χ0) is 46.1. The first-order valence-corrected chi connectivity index (χ1v) is 22.2. The number of hydrogen-bond acceptors (Lipinski definition) is 10. The quantitative estimate of drug-likeness (QED) is 0.128. The van der Waals surface area contributed by atoms with Gasteiger partial charge in [-0.05, 0) is 133 Å². The fraction of sp³-hybridized carbons (Fsp3) is 0.531. The molecule has 2 saturated heterocycles. The number of carbonyl (C=O) groups is 1. The molecule has 7 rings (SSSR count). The molecule has 2 aliphatic heterocycles. The number of rotatable bonds is 12. The monoisotopic (exact) mass is 890 g/mol. The van der Waals surface area contributed by atoms with Gasteiger partial charge in [-0.25, -0.2) is 9.18 Å². The summed E-state index contributed by atoms with van der Waals surface area (Å²) in [6.45, 7) is 13.7. The van der Waals surface area contributed by atoms with Gasteiger partial charge in [0.1, 0.15) is 29.5 Å². The van der Waals surface area contributed by atoms with Crippen molar-refractivity contribution in [3.05, 3.63) is 99.5 Å². The summed E-state index contributed by atoms with van der Waals surface area (Å²) < 4.78 is 86.8. The van der Waals surface area contributed by atoms with Crippen molar-refractivity contribution in [3.8, 4) is 17.5 Å². The van der Waals surface area contributed by atoms with Crippen LogP contribution in [0.2, 0.25) is 0 Å². The van der Waals surface area contributed by atoms with E-state index < -0.39 is 41.1 Å². The van der Waals surface area contributed by atoms with E-state index in [1.165, 1.54) is 13.0 Å². The maximum absolute atomic E-state index is 17.8. The van der Waals surface area contributed by atoms with Crippen LogP contribution in [0, 0.1) is 18.7 Å². The number of carbonyl (C=O) groups excluding carboxylic acids is 1. The number of likely N-dealkylation sites (tertiary alicyclic amines) is 1. The maximum atomic E-state index is 17.8. The van der Waals surface area contributed by atoms with Gasteiger partial charge in [0.25, 0.3) is 0 Å². The molecule has 0 spiro atoms. The second kappa shape index (κ2) is 19.0. The average molecular weight is 891 g/mol. The summed E-state index contributed by atoms with van der Waals surface area (Å²) >= 11 is 0. The number of alkyl halides is 3. The highest BCUT2D eigenvalue weighted by Gasteiger charge is 2.44. The fourth-order valence-electron chi connectivity index (χ4n) is 9.44. The number of piperazine rings is 1. The van der Waals surface area contributed by atoms with Crippen molar-refractivity contribution >= 4 is 17.6 Å². The van der Waals surface area contributed by atoms with Gasteiger partial charge in [-0.1, -0.05) is 31.2 Å². The molecular weight excluding hydrogens is 829 g/mol. The summed E-state index contributed by atoms with van der Waals surface area (Å²) in [4.78, 5) is 30.9. The lowest BCUT2D eigenvalue weighted by molar-refractivity contribution is -0.139. The predicted octanol–water partition coefficient (Wildman–Crippen LogP) is 9.60. The summed E-state index contributed by atoms with van der Waals surface area (Å²) in [5.74, 6) is -0.284. The molecule has 1 unspecified atom stereocenters. The Morgan fingerprint density at radius 3 is 2.05 bits per heavy atom. The van der Waals surface area contributed by atoms with E-state index in [1.807, 2.05) is 83.1 Å². The third-order valence-corrected chi connectivity index (χ3v) is 12.8. The SMILES string of the molecule is COc1ccc(CN(Cc2ccc(OC)cc2)c2cc(C)c(C(F)(F)F)c([C@@H]3Cc4nc(OC[C@@H]5CCCN5C)nc(N5CCN(C(=O)OC(C)(C)C)C[C@@H]5C)c4CC3C)c2F)cc1. The standard InChI is InChI=1S/C49H62F4N6O5/c1-30-23-39-40(54-46(63-29-35-11-10-20-56(35)7)55-45(39)59-22-21-57(26-32(59)3)47(60)64-48(4,5)6)25-38(30)42-43(49(51,52)53)31(2)24-41(44(42)50)58(27-33-12-16-36(61-8)17-13-33)28-34-14-18-37(62-9)19-15-34/h12-19,24,30,32,35,38H,10-11,20-23,25-29H2,1-9H3/t30?,32-,35-,38+/m0/s1. The van der Waals surface area contributed by atoms with Gasteiger partial charge < -0.3 is 38.5 Å². The number of ether oxygens (including phenoxy) is 4. The number of hydrogen-bond donors (Lipinski definition) is 0. The zero-order valence-corrected chi connectivity index (χ0v) is 38.5. The lowest BCUT2D eigenvalue weighted by atomic mass is 9.73. The van der Waals surface area contributed by atoms with Crippen molar-refractivity contribution < 1.29 is 41.3 Å². The van der Waals surface area contributed by atoms with Gasteiger partial charge in [-0.2, -0.15) is 23.1 Å². The molecule has 11 nitrogen and oxygen atoms in total. The number of amides is 1. The largest absolute Gasteiger partial charge is 0.497 e. The van der Waals surface area contributed by atoms with Crippen molar-refractivity contribution in [2.45, 2.75) is 110 Å². The molecule has 2 fully saturated rings. The minimum atomic E-state index is -4.84. The molecule has 1 aromatic heterocycles. The Labute approximate surface area is 374 Å². The van der Waals surface area contributed by atoms with Crippen LogP contribution < -0.4 is 24.0 Å². The Kier molecular flexibility index (Phi) is 13.9. The van der Waals surface area contributed by atoms with Gasteiger partial charge in [0.2, 0.25) is 0 Å². The van der Waals surface area contributed by atoms with Crippen LogP contribution in [0.15, 0.2) is 54.6 Å². The van der Waals surface area contributed by atoms with Gasteiger partial charge in [-0.15, -0.1) is 0 Å². The van der Waals surface area contributed by atoms with E-state index >= 15 is 17.6 Å². The third-order valence-electron chi connectivity index (χ3n) is 12.8. The summed E-state index contributed by atoms with van der Waals surface area (Å²) in [5.41, 5.74) is 1.05. The van der Waals surface area contributed by atoms with Crippen LogP contribution in [0.25, 0.3) is 0 Å². The molecular formula is C49H62F4N6O5. The fourth-order valence-corrected chi connectivity index (χ4v) is 9.44. The summed E-state index contributed by atoms with van der Waals surface area (Å²) in [6, 6.07) is 16.2. The summed E-state index contributed by atoms with van der Waals surface area (Å²) in [6.07, 6.45) is -2.88. The molecule has 4 aromatic rings. The molecule has 4 atom stereocenters. The third kappa shape index (κ3) is 10.5. The van der Waals surface area contributed by atoms with Gasteiger partial charge >= 0.3 is 18.3 Å². The predicted molar refractivity (Wildman–Crippen MR) is 239 cm³/mol. The van der Waals surface area contributed by atoms with Gasteiger partial charge in [0, 0.05) is 55.9 Å². The Balaban J connectivity index is 1.29. The van der Waals surface area contributed by atoms with Crippen LogP contribution in [-0.2, 0) is 36.8 Å². The number of benzene rings is 3. The van der Waals surface area contributed by atoms with Crippen molar-refractivity contribution in [3.63, 3.8) is 0 Å². The van der Waals surface area contributed by atoms with Gasteiger partial charge in [0.05, 0.1) is 31.2 Å². The Morgan fingerprint density at radius 1 is 0.891 bits per heavy atom. The van der Waals surface area contributed by atoms with E-state index in [0.29, 0.717) is 55.7 Å². The lowest BCUT2D eigenvalue weighted by Crippen LogP contribution is -2.55. The second-order valence-corrected chi connectivity index (χ2v) is 18.7. The van der Waals surface area contributed by atoms with Crippen LogP contribution in [0.3, 0.4) is 0 Å². The molecule has 64 heavy (non-hydrogen) atoms. The van der Waals surface area contributed by atoms with E-state index in [2.05, 4.69) is 16.8 Å². The first kappa shape index (κ1) is 46.7. The van der Waals surface area contributed by atoms with Gasteiger partial charge in [-0.3, -0.25) is 0 Å². The first-order valence-electron chi connectivity index (χ1n) is 22.2. The number of nitrogens with zero attached hydrogens (tertiary/aromatic N) is 6. The smallest absolute Gasteiger partial charge is 0.417 e. The van der Waals surface area contributed by atoms with E-state index in [1.54, 1.807) is 24.0 Å². The second-order valence-electron chi connectivity index (χ2n) is 18.7. The van der Waals surface area contributed by atoms with E-state index in [9.17, 15) is 4.79 Å².